The minimum atomic E-state index is -0.527. The van der Waals surface area contributed by atoms with Gasteiger partial charge in [0.1, 0.15) is 11.4 Å². The molecule has 2 aromatic rings. The highest BCUT2D eigenvalue weighted by molar-refractivity contribution is 5.69. The molecule has 2 fully saturated rings. The molecule has 0 N–H and O–H groups in total. The number of amides is 1. The summed E-state index contributed by atoms with van der Waals surface area (Å²) < 4.78 is 20.0. The van der Waals surface area contributed by atoms with E-state index in [1.807, 2.05) is 50.9 Å². The first-order chi connectivity index (χ1) is 15.7. The van der Waals surface area contributed by atoms with Crippen LogP contribution in [-0.4, -0.2) is 47.7 Å². The van der Waals surface area contributed by atoms with Crippen LogP contribution >= 0.6 is 0 Å². The molecule has 2 saturated carbocycles. The molecule has 0 bridgehead atoms. The fraction of sp³-hybridized carbons (Fsp3) is 0.536. The summed E-state index contributed by atoms with van der Waals surface area (Å²) in [5.41, 5.74) is 1.50. The van der Waals surface area contributed by atoms with Gasteiger partial charge in [-0.05, 0) is 58.7 Å². The predicted octanol–water partition coefficient (Wildman–Crippen LogP) is 6.22. The average Bonchev–Trinajstić information content (AvgIpc) is 3.51. The zero-order valence-electron chi connectivity index (χ0n) is 20.4. The van der Waals surface area contributed by atoms with Crippen LogP contribution in [-0.2, 0) is 11.3 Å². The molecule has 2 atom stereocenters. The molecule has 0 saturated heterocycles. The average molecular weight is 453 g/mol. The normalized spacial score (nSPS) is 21.4. The zero-order valence-corrected chi connectivity index (χ0v) is 20.4. The summed E-state index contributed by atoms with van der Waals surface area (Å²) in [6.07, 6.45) is 4.09. The molecule has 0 spiro atoms. The standard InChI is InChI=1S/C28H37FN2O2/c1-27(2,3)33-26(32)31(25-17-23(25)21-11-6-5-7-12-21)20-28(15-10-16-28)19-30(4)18-22-13-8-9-14-24(22)29/h5-9,11-14,23,25H,10,15-20H2,1-4H3/t23?,25-/m0/s1. The molecule has 2 aromatic carbocycles. The lowest BCUT2D eigenvalue weighted by Gasteiger charge is -2.47. The van der Waals surface area contributed by atoms with Crippen molar-refractivity contribution in [2.45, 2.75) is 70.6 Å². The lowest BCUT2D eigenvalue weighted by atomic mass is 9.68. The maximum atomic E-state index is 14.2. The molecule has 4 nitrogen and oxygen atoms in total. The van der Waals surface area contributed by atoms with Gasteiger partial charge in [0.15, 0.2) is 0 Å². The van der Waals surface area contributed by atoms with E-state index in [4.69, 9.17) is 4.74 Å². The molecule has 0 radical (unpaired) electrons. The highest BCUT2D eigenvalue weighted by Crippen LogP contribution is 2.49. The van der Waals surface area contributed by atoms with E-state index in [9.17, 15) is 9.18 Å². The van der Waals surface area contributed by atoms with Crippen molar-refractivity contribution in [2.75, 3.05) is 20.1 Å². The molecule has 1 amide bonds. The lowest BCUT2D eigenvalue weighted by molar-refractivity contribution is -0.00819. The molecule has 178 valence electrons. The molecule has 0 aliphatic heterocycles. The maximum Gasteiger partial charge on any atom is 0.410 e. The second-order valence-corrected chi connectivity index (χ2v) is 11.0. The van der Waals surface area contributed by atoms with Crippen LogP contribution in [0.25, 0.3) is 0 Å². The van der Waals surface area contributed by atoms with Gasteiger partial charge in [-0.25, -0.2) is 9.18 Å². The molecule has 2 aliphatic carbocycles. The third-order valence-electron chi connectivity index (χ3n) is 6.94. The quantitative estimate of drug-likeness (QED) is 0.477. The van der Waals surface area contributed by atoms with Crippen molar-refractivity contribution in [1.82, 2.24) is 9.80 Å². The first kappa shape index (κ1) is 23.7. The van der Waals surface area contributed by atoms with Crippen molar-refractivity contribution in [1.29, 1.82) is 0 Å². The first-order valence-electron chi connectivity index (χ1n) is 12.1. The number of hydrogen-bond donors (Lipinski definition) is 0. The van der Waals surface area contributed by atoms with Gasteiger partial charge in [0.05, 0.1) is 0 Å². The molecule has 5 heteroatoms. The number of rotatable bonds is 8. The first-order valence-corrected chi connectivity index (χ1v) is 12.1. The Morgan fingerprint density at radius 1 is 1.06 bits per heavy atom. The Bertz CT molecular complexity index is 952. The van der Waals surface area contributed by atoms with Gasteiger partial charge >= 0.3 is 6.09 Å². The van der Waals surface area contributed by atoms with Gasteiger partial charge < -0.3 is 14.5 Å². The van der Waals surface area contributed by atoms with Gasteiger partial charge in [-0.1, -0.05) is 55.0 Å². The summed E-state index contributed by atoms with van der Waals surface area (Å²) in [6, 6.07) is 17.6. The van der Waals surface area contributed by atoms with E-state index in [0.29, 0.717) is 24.6 Å². The van der Waals surface area contributed by atoms with Crippen LogP contribution in [0.15, 0.2) is 54.6 Å². The van der Waals surface area contributed by atoms with Crippen molar-refractivity contribution < 1.29 is 13.9 Å². The predicted molar refractivity (Wildman–Crippen MR) is 130 cm³/mol. The molecule has 4 rings (SSSR count). The molecular weight excluding hydrogens is 415 g/mol. The zero-order chi connectivity index (χ0) is 23.6. The summed E-state index contributed by atoms with van der Waals surface area (Å²) in [4.78, 5) is 17.5. The fourth-order valence-corrected chi connectivity index (χ4v) is 5.17. The minimum Gasteiger partial charge on any atom is -0.444 e. The van der Waals surface area contributed by atoms with E-state index >= 15 is 0 Å². The van der Waals surface area contributed by atoms with Crippen molar-refractivity contribution in [3.63, 3.8) is 0 Å². The second-order valence-electron chi connectivity index (χ2n) is 11.0. The van der Waals surface area contributed by atoms with Gasteiger partial charge in [-0.3, -0.25) is 0 Å². The van der Waals surface area contributed by atoms with Gasteiger partial charge in [0.25, 0.3) is 0 Å². The SMILES string of the molecule is CN(Cc1ccccc1F)CC1(CN(C(=O)OC(C)(C)C)[C@H]2CC2c2ccccc2)CCC1. The topological polar surface area (TPSA) is 32.8 Å². The van der Waals surface area contributed by atoms with Gasteiger partial charge in [-0.15, -0.1) is 0 Å². The van der Waals surface area contributed by atoms with Crippen LogP contribution < -0.4 is 0 Å². The van der Waals surface area contributed by atoms with Crippen LogP contribution in [0.1, 0.15) is 63.5 Å². The van der Waals surface area contributed by atoms with Crippen LogP contribution in [0.5, 0.6) is 0 Å². The molecule has 1 unspecified atom stereocenters. The number of hydrogen-bond acceptors (Lipinski definition) is 3. The Labute approximate surface area is 197 Å². The van der Waals surface area contributed by atoms with Gasteiger partial charge in [0, 0.05) is 42.6 Å². The smallest absolute Gasteiger partial charge is 0.410 e. The molecular formula is C28H37FN2O2. The van der Waals surface area contributed by atoms with Gasteiger partial charge in [0.2, 0.25) is 0 Å². The largest absolute Gasteiger partial charge is 0.444 e. The maximum absolute atomic E-state index is 14.2. The Morgan fingerprint density at radius 3 is 2.33 bits per heavy atom. The number of nitrogens with zero attached hydrogens (tertiary/aromatic N) is 2. The number of halogens is 1. The lowest BCUT2D eigenvalue weighted by Crippen LogP contribution is -2.52. The second kappa shape index (κ2) is 9.46. The summed E-state index contributed by atoms with van der Waals surface area (Å²) in [6.45, 7) is 7.86. The number of carbonyl (C=O) groups is 1. The summed E-state index contributed by atoms with van der Waals surface area (Å²) in [5.74, 6) is 0.207. The molecule has 33 heavy (non-hydrogen) atoms. The monoisotopic (exact) mass is 452 g/mol. The number of carbonyl (C=O) groups excluding carboxylic acids is 1. The van der Waals surface area contributed by atoms with E-state index in [1.165, 1.54) is 18.1 Å². The van der Waals surface area contributed by atoms with Crippen molar-refractivity contribution >= 4 is 6.09 Å². The fourth-order valence-electron chi connectivity index (χ4n) is 5.17. The third kappa shape index (κ3) is 5.94. The van der Waals surface area contributed by atoms with Gasteiger partial charge in [-0.2, -0.15) is 0 Å². The van der Waals surface area contributed by atoms with Crippen LogP contribution in [0.3, 0.4) is 0 Å². The number of benzene rings is 2. The Morgan fingerprint density at radius 2 is 1.73 bits per heavy atom. The minimum absolute atomic E-state index is 0.0285. The van der Waals surface area contributed by atoms with Crippen LogP contribution in [0.4, 0.5) is 9.18 Å². The highest BCUT2D eigenvalue weighted by atomic mass is 19.1. The summed E-state index contributed by atoms with van der Waals surface area (Å²) >= 11 is 0. The third-order valence-corrected chi connectivity index (χ3v) is 6.94. The molecule has 0 aromatic heterocycles. The Balaban J connectivity index is 1.48. The van der Waals surface area contributed by atoms with Crippen molar-refractivity contribution in [3.05, 3.63) is 71.5 Å². The summed E-state index contributed by atoms with van der Waals surface area (Å²) in [5, 5.41) is 0. The molecule has 2 aliphatic rings. The molecule has 0 heterocycles. The Kier molecular flexibility index (Phi) is 6.81. The van der Waals surface area contributed by atoms with E-state index in [2.05, 4.69) is 29.2 Å². The van der Waals surface area contributed by atoms with Crippen molar-refractivity contribution in [3.8, 4) is 0 Å². The van der Waals surface area contributed by atoms with Crippen LogP contribution in [0.2, 0.25) is 0 Å². The van der Waals surface area contributed by atoms with E-state index in [0.717, 1.165) is 25.8 Å². The van der Waals surface area contributed by atoms with Crippen molar-refractivity contribution in [2.24, 2.45) is 5.41 Å². The van der Waals surface area contributed by atoms with E-state index in [-0.39, 0.29) is 23.4 Å². The summed E-state index contributed by atoms with van der Waals surface area (Å²) in [7, 11) is 2.05. The van der Waals surface area contributed by atoms with E-state index in [1.54, 1.807) is 6.07 Å². The number of ether oxygens (including phenoxy) is 1. The Hall–Kier alpha value is -2.40. The highest BCUT2D eigenvalue weighted by Gasteiger charge is 2.50. The van der Waals surface area contributed by atoms with E-state index < -0.39 is 5.60 Å². The van der Waals surface area contributed by atoms with Crippen LogP contribution in [0, 0.1) is 11.2 Å².